The zero-order valence-corrected chi connectivity index (χ0v) is 10.4. The van der Waals surface area contributed by atoms with E-state index in [0.717, 1.165) is 5.69 Å². The van der Waals surface area contributed by atoms with Gasteiger partial charge in [0.25, 0.3) is 0 Å². The van der Waals surface area contributed by atoms with Crippen molar-refractivity contribution in [3.63, 3.8) is 0 Å². The van der Waals surface area contributed by atoms with Gasteiger partial charge >= 0.3 is 0 Å². The van der Waals surface area contributed by atoms with Crippen molar-refractivity contribution in [2.24, 2.45) is 0 Å². The van der Waals surface area contributed by atoms with Crippen LogP contribution in [-0.2, 0) is 0 Å². The van der Waals surface area contributed by atoms with Gasteiger partial charge in [0.05, 0.1) is 6.54 Å². The van der Waals surface area contributed by atoms with Crippen LogP contribution in [0.25, 0.3) is 0 Å². The average molecular weight is 244 g/mol. The highest BCUT2D eigenvalue weighted by Gasteiger charge is 2.00. The largest absolute Gasteiger partial charge is 0.380 e. The van der Waals surface area contributed by atoms with Gasteiger partial charge in [-0.25, -0.2) is 0 Å². The van der Waals surface area contributed by atoms with E-state index in [1.807, 2.05) is 12.1 Å². The maximum atomic E-state index is 5.78. The average Bonchev–Trinajstić information content (AvgIpc) is 2.26. The molecule has 0 aliphatic rings. The Morgan fingerprint density at radius 1 is 1.47 bits per heavy atom. The van der Waals surface area contributed by atoms with E-state index in [1.54, 1.807) is 0 Å². The second-order valence-corrected chi connectivity index (χ2v) is 4.39. The first-order valence-corrected chi connectivity index (χ1v) is 5.73. The van der Waals surface area contributed by atoms with Crippen LogP contribution in [-0.4, -0.2) is 6.54 Å². The van der Waals surface area contributed by atoms with Crippen molar-refractivity contribution < 1.29 is 0 Å². The van der Waals surface area contributed by atoms with Gasteiger partial charge in [-0.3, -0.25) is 0 Å². The molecule has 0 heterocycles. The van der Waals surface area contributed by atoms with Gasteiger partial charge in [0.2, 0.25) is 0 Å². The summed E-state index contributed by atoms with van der Waals surface area (Å²) in [7, 11) is 0. The lowest BCUT2D eigenvalue weighted by Gasteiger charge is -2.09. The summed E-state index contributed by atoms with van der Waals surface area (Å²) < 4.78 is 0. The maximum Gasteiger partial charge on any atom is 0.0516 e. The van der Waals surface area contributed by atoms with E-state index >= 15 is 0 Å². The summed E-state index contributed by atoms with van der Waals surface area (Å²) in [6.45, 7) is 4.90. The Labute approximate surface area is 101 Å². The number of nitrogens with one attached hydrogen (secondary N) is 1. The molecule has 0 unspecified atom stereocenters. The highest BCUT2D eigenvalue weighted by atomic mass is 35.5. The van der Waals surface area contributed by atoms with Crippen molar-refractivity contribution in [3.8, 4) is 0 Å². The molecular formula is C12H15Cl2N. The van der Waals surface area contributed by atoms with Gasteiger partial charge in [0.15, 0.2) is 0 Å². The van der Waals surface area contributed by atoms with Gasteiger partial charge in [-0.1, -0.05) is 49.2 Å². The Balaban J connectivity index is 2.66. The fourth-order valence-corrected chi connectivity index (χ4v) is 1.38. The van der Waals surface area contributed by atoms with Crippen molar-refractivity contribution >= 4 is 28.9 Å². The third kappa shape index (κ3) is 4.15. The smallest absolute Gasteiger partial charge is 0.0516 e. The molecule has 1 aromatic carbocycles. The van der Waals surface area contributed by atoms with Crippen LogP contribution in [0.15, 0.2) is 34.8 Å². The van der Waals surface area contributed by atoms with Gasteiger partial charge in [0, 0.05) is 16.3 Å². The Bertz CT molecular complexity index is 345. The number of hydrogen-bond acceptors (Lipinski definition) is 1. The summed E-state index contributed by atoms with van der Waals surface area (Å²) in [5.74, 6) is 0.533. The van der Waals surface area contributed by atoms with E-state index in [1.165, 1.54) is 11.1 Å². The fraction of sp³-hybridized carbons (Fsp3) is 0.333. The lowest BCUT2D eigenvalue weighted by atomic mass is 10.0. The molecule has 0 atom stereocenters. The molecule has 0 saturated heterocycles. The normalized spacial score (nSPS) is 11.9. The van der Waals surface area contributed by atoms with Crippen LogP contribution in [0.1, 0.15) is 25.3 Å². The number of anilines is 1. The van der Waals surface area contributed by atoms with Gasteiger partial charge in [0.1, 0.15) is 0 Å². The van der Waals surface area contributed by atoms with Crippen LogP contribution in [0, 0.1) is 0 Å². The Morgan fingerprint density at radius 3 is 2.80 bits per heavy atom. The summed E-state index contributed by atoms with van der Waals surface area (Å²) in [5, 5.41) is 3.81. The summed E-state index contributed by atoms with van der Waals surface area (Å²) in [4.78, 5) is 0. The second kappa shape index (κ2) is 6.04. The van der Waals surface area contributed by atoms with Crippen molar-refractivity contribution in [1.29, 1.82) is 0 Å². The van der Waals surface area contributed by atoms with Crippen LogP contribution < -0.4 is 5.32 Å². The van der Waals surface area contributed by atoms with Crippen molar-refractivity contribution in [2.45, 2.75) is 19.8 Å². The van der Waals surface area contributed by atoms with Crippen molar-refractivity contribution in [2.75, 3.05) is 11.9 Å². The van der Waals surface area contributed by atoms with Gasteiger partial charge < -0.3 is 5.32 Å². The SMILES string of the molecule is CC(C)c1cccc(NCC(Cl)=CCl)c1. The van der Waals surface area contributed by atoms with Crippen LogP contribution in [0.5, 0.6) is 0 Å². The summed E-state index contributed by atoms with van der Waals surface area (Å²) in [6, 6.07) is 8.30. The zero-order valence-electron chi connectivity index (χ0n) is 8.93. The molecule has 82 valence electrons. The molecule has 0 saturated carbocycles. The van der Waals surface area contributed by atoms with Gasteiger partial charge in [-0.2, -0.15) is 0 Å². The van der Waals surface area contributed by atoms with Gasteiger partial charge in [-0.15, -0.1) is 0 Å². The molecule has 1 nitrogen and oxygen atoms in total. The van der Waals surface area contributed by atoms with Gasteiger partial charge in [-0.05, 0) is 23.6 Å². The first kappa shape index (κ1) is 12.4. The summed E-state index contributed by atoms with van der Waals surface area (Å²) in [5.41, 5.74) is 3.75. The number of halogens is 2. The van der Waals surface area contributed by atoms with Crippen LogP contribution in [0.2, 0.25) is 0 Å². The van der Waals surface area contributed by atoms with E-state index < -0.39 is 0 Å². The van der Waals surface area contributed by atoms with E-state index in [9.17, 15) is 0 Å². The molecular weight excluding hydrogens is 229 g/mol. The zero-order chi connectivity index (χ0) is 11.3. The number of rotatable bonds is 4. The Kier molecular flexibility index (Phi) is 5.00. The highest BCUT2D eigenvalue weighted by molar-refractivity contribution is 6.36. The molecule has 0 fully saturated rings. The molecule has 0 aliphatic carbocycles. The third-order valence-corrected chi connectivity index (χ3v) is 2.75. The summed E-state index contributed by atoms with van der Waals surface area (Å²) in [6.07, 6.45) is 0. The van der Waals surface area contributed by atoms with Crippen LogP contribution in [0.3, 0.4) is 0 Å². The minimum absolute atomic E-state index is 0.533. The van der Waals surface area contributed by atoms with E-state index in [0.29, 0.717) is 17.5 Å². The predicted molar refractivity (Wildman–Crippen MR) is 68.8 cm³/mol. The minimum atomic E-state index is 0.533. The van der Waals surface area contributed by atoms with Crippen LogP contribution >= 0.6 is 23.2 Å². The number of benzene rings is 1. The molecule has 0 aliphatic heterocycles. The van der Waals surface area contributed by atoms with Crippen molar-refractivity contribution in [1.82, 2.24) is 0 Å². The molecule has 0 aromatic heterocycles. The quantitative estimate of drug-likeness (QED) is 0.819. The topological polar surface area (TPSA) is 12.0 Å². The first-order chi connectivity index (χ1) is 7.13. The van der Waals surface area contributed by atoms with Crippen LogP contribution in [0.4, 0.5) is 5.69 Å². The number of hydrogen-bond donors (Lipinski definition) is 1. The molecule has 0 bridgehead atoms. The first-order valence-electron chi connectivity index (χ1n) is 4.92. The van der Waals surface area contributed by atoms with E-state index in [2.05, 4.69) is 31.3 Å². The molecule has 3 heteroatoms. The van der Waals surface area contributed by atoms with E-state index in [-0.39, 0.29) is 0 Å². The molecule has 15 heavy (non-hydrogen) atoms. The molecule has 1 N–H and O–H groups in total. The Morgan fingerprint density at radius 2 is 2.20 bits per heavy atom. The monoisotopic (exact) mass is 243 g/mol. The lowest BCUT2D eigenvalue weighted by Crippen LogP contribution is -2.01. The molecule has 0 radical (unpaired) electrons. The predicted octanol–water partition coefficient (Wildman–Crippen LogP) is 4.54. The molecule has 1 aromatic rings. The van der Waals surface area contributed by atoms with Crippen molar-refractivity contribution in [3.05, 3.63) is 40.4 Å². The molecule has 1 rings (SSSR count). The minimum Gasteiger partial charge on any atom is -0.380 e. The maximum absolute atomic E-state index is 5.78. The third-order valence-electron chi connectivity index (χ3n) is 2.13. The second-order valence-electron chi connectivity index (χ2n) is 3.69. The molecule has 0 amide bonds. The summed E-state index contributed by atoms with van der Waals surface area (Å²) >= 11 is 11.3. The molecule has 0 spiro atoms. The van der Waals surface area contributed by atoms with E-state index in [4.69, 9.17) is 23.2 Å². The fourth-order valence-electron chi connectivity index (χ4n) is 1.23. The lowest BCUT2D eigenvalue weighted by molar-refractivity contribution is 0.867. The Hall–Kier alpha value is -0.660. The highest BCUT2D eigenvalue weighted by Crippen LogP contribution is 2.18. The standard InChI is InChI=1S/C12H15Cl2N/c1-9(2)10-4-3-5-12(6-10)15-8-11(14)7-13/h3-7,9,15H,8H2,1-2H3.